The molecule has 152 valence electrons. The molecule has 0 heterocycles. The largest absolute Gasteiger partial charge is 0.493 e. The summed E-state index contributed by atoms with van der Waals surface area (Å²) in [5.74, 6) is 2.33. The van der Waals surface area contributed by atoms with Gasteiger partial charge in [-0.25, -0.2) is 0 Å². The van der Waals surface area contributed by atoms with Crippen LogP contribution >= 0.6 is 0 Å². The molecule has 28 heavy (non-hydrogen) atoms. The lowest BCUT2D eigenvalue weighted by atomic mass is 10.0. The van der Waals surface area contributed by atoms with Crippen molar-refractivity contribution in [2.45, 2.75) is 46.3 Å². The fourth-order valence-electron chi connectivity index (χ4n) is 3.10. The molecule has 0 aliphatic carbocycles. The molecule has 2 aromatic carbocycles. The molecule has 1 amide bonds. The van der Waals surface area contributed by atoms with E-state index in [1.807, 2.05) is 31.2 Å². The first-order chi connectivity index (χ1) is 13.3. The number of methoxy groups -OCH3 is 2. The number of amides is 1. The third-order valence-corrected chi connectivity index (χ3v) is 4.69. The SMILES string of the molecule is COc1ccc(CN(C)C(=O)C(C)Oc2cc(C)ccc2C(C)C)cc1OC. The number of ether oxygens (including phenoxy) is 3. The van der Waals surface area contributed by atoms with Crippen LogP contribution in [0.25, 0.3) is 0 Å². The lowest BCUT2D eigenvalue weighted by molar-refractivity contribution is -0.137. The summed E-state index contributed by atoms with van der Waals surface area (Å²) in [7, 11) is 4.97. The fraction of sp³-hybridized carbons (Fsp3) is 0.435. The molecule has 5 nitrogen and oxygen atoms in total. The van der Waals surface area contributed by atoms with E-state index in [1.54, 1.807) is 33.1 Å². The Hall–Kier alpha value is -2.69. The minimum atomic E-state index is -0.579. The number of carbonyl (C=O) groups is 1. The highest BCUT2D eigenvalue weighted by atomic mass is 16.5. The van der Waals surface area contributed by atoms with E-state index in [2.05, 4.69) is 26.0 Å². The second-order valence-corrected chi connectivity index (χ2v) is 7.34. The predicted molar refractivity (Wildman–Crippen MR) is 111 cm³/mol. The summed E-state index contributed by atoms with van der Waals surface area (Å²) >= 11 is 0. The number of aryl methyl sites for hydroxylation is 1. The number of nitrogens with zero attached hydrogens (tertiary/aromatic N) is 1. The van der Waals surface area contributed by atoms with Crippen LogP contribution < -0.4 is 14.2 Å². The highest BCUT2D eigenvalue weighted by Crippen LogP contribution is 2.29. The van der Waals surface area contributed by atoms with Gasteiger partial charge >= 0.3 is 0 Å². The Morgan fingerprint density at radius 3 is 2.25 bits per heavy atom. The van der Waals surface area contributed by atoms with Crippen molar-refractivity contribution in [3.8, 4) is 17.2 Å². The Morgan fingerprint density at radius 1 is 0.964 bits per heavy atom. The van der Waals surface area contributed by atoms with Crippen LogP contribution in [0.4, 0.5) is 0 Å². The van der Waals surface area contributed by atoms with Crippen LogP contribution in [0.15, 0.2) is 36.4 Å². The molecule has 0 aliphatic heterocycles. The van der Waals surface area contributed by atoms with Crippen LogP contribution in [-0.2, 0) is 11.3 Å². The Labute approximate surface area is 168 Å². The third-order valence-electron chi connectivity index (χ3n) is 4.69. The number of rotatable bonds is 8. The second kappa shape index (κ2) is 9.49. The van der Waals surface area contributed by atoms with Gasteiger partial charge in [0.2, 0.25) is 0 Å². The van der Waals surface area contributed by atoms with E-state index in [4.69, 9.17) is 14.2 Å². The summed E-state index contributed by atoms with van der Waals surface area (Å²) in [6.45, 7) is 8.50. The fourth-order valence-corrected chi connectivity index (χ4v) is 3.10. The van der Waals surface area contributed by atoms with Gasteiger partial charge < -0.3 is 19.1 Å². The zero-order valence-corrected chi connectivity index (χ0v) is 17.9. The average Bonchev–Trinajstić information content (AvgIpc) is 2.66. The highest BCUT2D eigenvalue weighted by molar-refractivity contribution is 5.80. The molecule has 0 aromatic heterocycles. The van der Waals surface area contributed by atoms with Crippen LogP contribution in [0.1, 0.15) is 43.4 Å². The first-order valence-corrected chi connectivity index (χ1v) is 9.49. The van der Waals surface area contributed by atoms with Crippen molar-refractivity contribution < 1.29 is 19.0 Å². The molecule has 0 bridgehead atoms. The van der Waals surface area contributed by atoms with Crippen molar-refractivity contribution in [2.75, 3.05) is 21.3 Å². The maximum absolute atomic E-state index is 12.8. The van der Waals surface area contributed by atoms with Crippen LogP contribution in [0.5, 0.6) is 17.2 Å². The smallest absolute Gasteiger partial charge is 0.263 e. The molecule has 0 spiro atoms. The molecule has 5 heteroatoms. The van der Waals surface area contributed by atoms with Crippen molar-refractivity contribution >= 4 is 5.91 Å². The van der Waals surface area contributed by atoms with Gasteiger partial charge in [-0.3, -0.25) is 4.79 Å². The van der Waals surface area contributed by atoms with E-state index < -0.39 is 6.10 Å². The first kappa shape index (κ1) is 21.6. The Balaban J connectivity index is 2.10. The van der Waals surface area contributed by atoms with Gasteiger partial charge in [0.1, 0.15) is 5.75 Å². The van der Waals surface area contributed by atoms with Crippen molar-refractivity contribution in [3.05, 3.63) is 53.1 Å². The summed E-state index contributed by atoms with van der Waals surface area (Å²) in [4.78, 5) is 14.5. The summed E-state index contributed by atoms with van der Waals surface area (Å²) in [6.07, 6.45) is -0.579. The predicted octanol–water partition coefficient (Wildman–Crippen LogP) is 4.56. The second-order valence-electron chi connectivity index (χ2n) is 7.34. The van der Waals surface area contributed by atoms with Crippen molar-refractivity contribution in [1.82, 2.24) is 4.90 Å². The standard InChI is InChI=1S/C23H31NO4/c1-15(2)19-10-8-16(3)12-21(19)28-17(4)23(25)24(5)14-18-9-11-20(26-6)22(13-18)27-7/h8-13,15,17H,14H2,1-7H3. The molecule has 2 aromatic rings. The molecular formula is C23H31NO4. The van der Waals surface area contributed by atoms with Crippen LogP contribution in [0.2, 0.25) is 0 Å². The summed E-state index contributed by atoms with van der Waals surface area (Å²) < 4.78 is 16.7. The zero-order valence-electron chi connectivity index (χ0n) is 17.9. The molecular weight excluding hydrogens is 354 g/mol. The van der Waals surface area contributed by atoms with Gasteiger partial charge in [-0.05, 0) is 54.7 Å². The summed E-state index contributed by atoms with van der Waals surface area (Å²) in [5.41, 5.74) is 3.17. The van der Waals surface area contributed by atoms with E-state index >= 15 is 0 Å². The van der Waals surface area contributed by atoms with Gasteiger partial charge in [-0.1, -0.05) is 32.0 Å². The normalized spacial score (nSPS) is 11.9. The molecule has 1 atom stereocenters. The van der Waals surface area contributed by atoms with Gasteiger partial charge in [-0.2, -0.15) is 0 Å². The Morgan fingerprint density at radius 2 is 1.64 bits per heavy atom. The van der Waals surface area contributed by atoms with Crippen molar-refractivity contribution in [1.29, 1.82) is 0 Å². The minimum absolute atomic E-state index is 0.0778. The maximum atomic E-state index is 12.8. The lowest BCUT2D eigenvalue weighted by Crippen LogP contribution is -2.37. The zero-order chi connectivity index (χ0) is 20.8. The van der Waals surface area contributed by atoms with Gasteiger partial charge in [0.15, 0.2) is 17.6 Å². The van der Waals surface area contributed by atoms with Gasteiger partial charge in [0.05, 0.1) is 14.2 Å². The molecule has 0 saturated heterocycles. The number of hydrogen-bond donors (Lipinski definition) is 0. The highest BCUT2D eigenvalue weighted by Gasteiger charge is 2.21. The summed E-state index contributed by atoms with van der Waals surface area (Å²) in [6, 6.07) is 11.8. The van der Waals surface area contributed by atoms with E-state index in [0.717, 1.165) is 22.4 Å². The Bertz CT molecular complexity index is 816. The van der Waals surface area contributed by atoms with Crippen LogP contribution in [-0.4, -0.2) is 38.2 Å². The topological polar surface area (TPSA) is 48.0 Å². The van der Waals surface area contributed by atoms with E-state index in [1.165, 1.54) is 0 Å². The number of likely N-dealkylation sites (N-methyl/N-ethyl adjacent to an activating group) is 1. The number of benzene rings is 2. The molecule has 0 aliphatic rings. The van der Waals surface area contributed by atoms with Crippen molar-refractivity contribution in [2.24, 2.45) is 0 Å². The number of carbonyl (C=O) groups excluding carboxylic acids is 1. The monoisotopic (exact) mass is 385 g/mol. The lowest BCUT2D eigenvalue weighted by Gasteiger charge is -2.24. The van der Waals surface area contributed by atoms with Crippen LogP contribution in [0.3, 0.4) is 0 Å². The van der Waals surface area contributed by atoms with E-state index in [-0.39, 0.29) is 5.91 Å². The van der Waals surface area contributed by atoms with Gasteiger partial charge in [0.25, 0.3) is 5.91 Å². The van der Waals surface area contributed by atoms with E-state index in [0.29, 0.717) is 24.0 Å². The maximum Gasteiger partial charge on any atom is 0.263 e. The third kappa shape index (κ3) is 5.18. The van der Waals surface area contributed by atoms with Crippen molar-refractivity contribution in [3.63, 3.8) is 0 Å². The molecule has 0 N–H and O–H groups in total. The molecule has 0 fully saturated rings. The molecule has 1 unspecified atom stereocenters. The quantitative estimate of drug-likeness (QED) is 0.668. The summed E-state index contributed by atoms with van der Waals surface area (Å²) in [5, 5.41) is 0. The van der Waals surface area contributed by atoms with Crippen LogP contribution in [0, 0.1) is 6.92 Å². The molecule has 2 rings (SSSR count). The average molecular weight is 386 g/mol. The van der Waals surface area contributed by atoms with Gasteiger partial charge in [-0.15, -0.1) is 0 Å². The molecule has 0 saturated carbocycles. The first-order valence-electron chi connectivity index (χ1n) is 9.49. The van der Waals surface area contributed by atoms with E-state index in [9.17, 15) is 4.79 Å². The Kier molecular flexibility index (Phi) is 7.32. The molecule has 0 radical (unpaired) electrons. The van der Waals surface area contributed by atoms with Gasteiger partial charge in [0, 0.05) is 13.6 Å². The number of hydrogen-bond acceptors (Lipinski definition) is 4. The minimum Gasteiger partial charge on any atom is -0.493 e.